The predicted molar refractivity (Wildman–Crippen MR) is 107 cm³/mol. The van der Waals surface area contributed by atoms with Crippen molar-refractivity contribution in [3.63, 3.8) is 0 Å². The topological polar surface area (TPSA) is 75.6 Å². The molecule has 1 aromatic carbocycles. The van der Waals surface area contributed by atoms with E-state index in [-0.39, 0.29) is 12.3 Å². The average Bonchev–Trinajstić information content (AvgIpc) is 2.66. The Hall–Kier alpha value is -2.04. The van der Waals surface area contributed by atoms with Gasteiger partial charge in [-0.3, -0.25) is 9.59 Å². The maximum Gasteiger partial charge on any atom is 0.303 e. The highest BCUT2D eigenvalue weighted by Crippen LogP contribution is 2.29. The van der Waals surface area contributed by atoms with E-state index >= 15 is 0 Å². The van der Waals surface area contributed by atoms with Crippen molar-refractivity contribution in [3.05, 3.63) is 23.8 Å². The quantitative estimate of drug-likeness (QED) is 0.522. The predicted octanol–water partition coefficient (Wildman–Crippen LogP) is 5.18. The number of carbonyl (C=O) groups excluding carboxylic acids is 1. The van der Waals surface area contributed by atoms with E-state index in [0.29, 0.717) is 31.1 Å². The number of ether oxygens (including phenoxy) is 1. The van der Waals surface area contributed by atoms with Crippen molar-refractivity contribution in [1.29, 1.82) is 0 Å². The molecule has 1 aliphatic rings. The molecule has 5 heteroatoms. The summed E-state index contributed by atoms with van der Waals surface area (Å²) < 4.78 is 5.71. The van der Waals surface area contributed by atoms with Crippen LogP contribution in [0.25, 0.3) is 0 Å². The molecule has 5 nitrogen and oxygen atoms in total. The van der Waals surface area contributed by atoms with Gasteiger partial charge < -0.3 is 15.2 Å². The smallest absolute Gasteiger partial charge is 0.303 e. The SMILES string of the molecule is CCOc1cc(CCCCC(=O)O)ccc1NC(=O)CCC1CCCCC1. The van der Waals surface area contributed by atoms with Crippen molar-refractivity contribution < 1.29 is 19.4 Å². The number of rotatable bonds is 11. The van der Waals surface area contributed by atoms with Crippen molar-refractivity contribution in [2.75, 3.05) is 11.9 Å². The minimum Gasteiger partial charge on any atom is -0.492 e. The van der Waals surface area contributed by atoms with Gasteiger partial charge in [-0.15, -0.1) is 0 Å². The third-order valence-electron chi connectivity index (χ3n) is 5.23. The fraction of sp³-hybridized carbons (Fsp3) is 0.636. The van der Waals surface area contributed by atoms with Crippen molar-refractivity contribution in [2.24, 2.45) is 5.92 Å². The molecule has 0 aliphatic heterocycles. The monoisotopic (exact) mass is 375 g/mol. The van der Waals surface area contributed by atoms with Crippen LogP contribution in [0.5, 0.6) is 5.75 Å². The number of aliphatic carboxylic acids is 1. The normalized spacial score (nSPS) is 14.7. The number of unbranched alkanes of at least 4 members (excludes halogenated alkanes) is 1. The maximum atomic E-state index is 12.3. The number of anilines is 1. The third-order valence-corrected chi connectivity index (χ3v) is 5.23. The zero-order valence-corrected chi connectivity index (χ0v) is 16.5. The molecule has 0 aromatic heterocycles. The number of carboxylic acid groups (broad SMARTS) is 1. The molecule has 1 aromatic rings. The van der Waals surface area contributed by atoms with Gasteiger partial charge in [0.25, 0.3) is 0 Å². The minimum atomic E-state index is -0.753. The van der Waals surface area contributed by atoms with Gasteiger partial charge in [-0.2, -0.15) is 0 Å². The van der Waals surface area contributed by atoms with Crippen molar-refractivity contribution >= 4 is 17.6 Å². The van der Waals surface area contributed by atoms with E-state index in [2.05, 4.69) is 5.32 Å². The average molecular weight is 376 g/mol. The molecule has 2 rings (SSSR count). The Morgan fingerprint density at radius 3 is 2.63 bits per heavy atom. The lowest BCUT2D eigenvalue weighted by atomic mass is 9.86. The summed E-state index contributed by atoms with van der Waals surface area (Å²) in [7, 11) is 0. The third kappa shape index (κ3) is 8.02. The Morgan fingerprint density at radius 2 is 1.93 bits per heavy atom. The van der Waals surface area contributed by atoms with Crippen molar-refractivity contribution in [3.8, 4) is 5.75 Å². The van der Waals surface area contributed by atoms with E-state index in [1.807, 2.05) is 25.1 Å². The van der Waals surface area contributed by atoms with Gasteiger partial charge in [-0.1, -0.05) is 38.2 Å². The highest BCUT2D eigenvalue weighted by atomic mass is 16.5. The van der Waals surface area contributed by atoms with Gasteiger partial charge in [0.15, 0.2) is 0 Å². The van der Waals surface area contributed by atoms with Crippen LogP contribution in [0.1, 0.15) is 76.7 Å². The lowest BCUT2D eigenvalue weighted by molar-refractivity contribution is -0.137. The first kappa shape index (κ1) is 21.3. The summed E-state index contributed by atoms with van der Waals surface area (Å²) in [6.45, 7) is 2.46. The molecule has 0 atom stereocenters. The summed E-state index contributed by atoms with van der Waals surface area (Å²) in [5.74, 6) is 0.690. The van der Waals surface area contributed by atoms with Crippen LogP contribution in [0.3, 0.4) is 0 Å². The summed E-state index contributed by atoms with van der Waals surface area (Å²) in [4.78, 5) is 22.9. The molecule has 0 heterocycles. The Balaban J connectivity index is 1.86. The van der Waals surface area contributed by atoms with E-state index in [1.165, 1.54) is 32.1 Å². The highest BCUT2D eigenvalue weighted by Gasteiger charge is 2.16. The molecule has 150 valence electrons. The molecule has 0 radical (unpaired) electrons. The zero-order chi connectivity index (χ0) is 19.5. The Morgan fingerprint density at radius 1 is 1.15 bits per heavy atom. The Kier molecular flexibility index (Phi) is 9.16. The second-order valence-electron chi connectivity index (χ2n) is 7.46. The van der Waals surface area contributed by atoms with E-state index in [0.717, 1.165) is 30.5 Å². The van der Waals surface area contributed by atoms with Gasteiger partial charge in [-0.25, -0.2) is 0 Å². The minimum absolute atomic E-state index is 0.0516. The highest BCUT2D eigenvalue weighted by molar-refractivity contribution is 5.92. The van der Waals surface area contributed by atoms with Gasteiger partial charge in [0.1, 0.15) is 5.75 Å². The van der Waals surface area contributed by atoms with Crippen molar-refractivity contribution in [1.82, 2.24) is 0 Å². The number of amides is 1. The van der Waals surface area contributed by atoms with Crippen LogP contribution in [0.2, 0.25) is 0 Å². The number of carbonyl (C=O) groups is 2. The standard InChI is InChI=1S/C22H33NO4/c1-2-27-20-16-18(10-6-7-11-22(25)26)12-14-19(20)23-21(24)15-13-17-8-4-3-5-9-17/h12,14,16-17H,2-11,13,15H2,1H3,(H,23,24)(H,25,26). The van der Waals surface area contributed by atoms with Crippen LogP contribution in [-0.2, 0) is 16.0 Å². The van der Waals surface area contributed by atoms with E-state index in [9.17, 15) is 9.59 Å². The molecule has 0 spiro atoms. The summed E-state index contributed by atoms with van der Waals surface area (Å²) in [5, 5.41) is 11.7. The lowest BCUT2D eigenvalue weighted by Crippen LogP contribution is -2.15. The molecule has 0 unspecified atom stereocenters. The van der Waals surface area contributed by atoms with E-state index in [1.54, 1.807) is 0 Å². The van der Waals surface area contributed by atoms with Crippen LogP contribution in [0, 0.1) is 5.92 Å². The van der Waals surface area contributed by atoms with E-state index in [4.69, 9.17) is 9.84 Å². The molecule has 1 aliphatic carbocycles. The fourth-order valence-electron chi connectivity index (χ4n) is 3.73. The maximum absolute atomic E-state index is 12.3. The largest absolute Gasteiger partial charge is 0.492 e. The number of nitrogens with one attached hydrogen (secondary N) is 1. The van der Waals surface area contributed by atoms with Crippen molar-refractivity contribution in [2.45, 2.75) is 77.6 Å². The van der Waals surface area contributed by atoms with E-state index < -0.39 is 5.97 Å². The van der Waals surface area contributed by atoms with Gasteiger partial charge in [0.2, 0.25) is 5.91 Å². The second-order valence-corrected chi connectivity index (χ2v) is 7.46. The molecular formula is C22H33NO4. The van der Waals surface area contributed by atoms with Gasteiger partial charge in [0.05, 0.1) is 12.3 Å². The van der Waals surface area contributed by atoms with Gasteiger partial charge >= 0.3 is 5.97 Å². The van der Waals surface area contributed by atoms with Crippen LogP contribution >= 0.6 is 0 Å². The first-order valence-electron chi connectivity index (χ1n) is 10.4. The summed E-state index contributed by atoms with van der Waals surface area (Å²) in [6.07, 6.45) is 10.5. The van der Waals surface area contributed by atoms with Crippen LogP contribution < -0.4 is 10.1 Å². The summed E-state index contributed by atoms with van der Waals surface area (Å²) in [5.41, 5.74) is 1.82. The molecule has 1 saturated carbocycles. The molecular weight excluding hydrogens is 342 g/mol. The number of benzene rings is 1. The van der Waals surface area contributed by atoms with Crippen LogP contribution in [0.4, 0.5) is 5.69 Å². The molecule has 0 saturated heterocycles. The van der Waals surface area contributed by atoms with Gasteiger partial charge in [0, 0.05) is 12.8 Å². The number of aryl methyl sites for hydroxylation is 1. The fourth-order valence-corrected chi connectivity index (χ4v) is 3.73. The summed E-state index contributed by atoms with van der Waals surface area (Å²) >= 11 is 0. The first-order chi connectivity index (χ1) is 13.1. The molecule has 27 heavy (non-hydrogen) atoms. The molecule has 1 fully saturated rings. The lowest BCUT2D eigenvalue weighted by Gasteiger charge is -2.21. The summed E-state index contributed by atoms with van der Waals surface area (Å²) in [6, 6.07) is 5.84. The van der Waals surface area contributed by atoms with Crippen LogP contribution in [-0.4, -0.2) is 23.6 Å². The number of hydrogen-bond donors (Lipinski definition) is 2. The first-order valence-corrected chi connectivity index (χ1v) is 10.4. The Bertz CT molecular complexity index is 608. The molecule has 2 N–H and O–H groups in total. The number of hydrogen-bond acceptors (Lipinski definition) is 3. The molecule has 1 amide bonds. The van der Waals surface area contributed by atoms with Gasteiger partial charge in [-0.05, 0) is 56.2 Å². The Labute approximate surface area is 162 Å². The molecule has 0 bridgehead atoms. The zero-order valence-electron chi connectivity index (χ0n) is 16.5. The second kappa shape index (κ2) is 11.6. The van der Waals surface area contributed by atoms with Crippen LogP contribution in [0.15, 0.2) is 18.2 Å². The number of carboxylic acids is 1.